The highest BCUT2D eigenvalue weighted by Crippen LogP contribution is 2.53. The zero-order valence-electron chi connectivity index (χ0n) is 33.4. The molecule has 0 saturated heterocycles. The maximum absolute atomic E-state index is 11.5. The predicted octanol–water partition coefficient (Wildman–Crippen LogP) is 16.6. The van der Waals surface area contributed by atoms with Gasteiger partial charge < -0.3 is 10.0 Å². The molecular weight excluding hydrogens is 821 g/mol. The van der Waals surface area contributed by atoms with E-state index in [1.165, 1.54) is 135 Å². The van der Waals surface area contributed by atoms with Crippen LogP contribution in [0.15, 0.2) is 102 Å². The second kappa shape index (κ2) is 17.6. The van der Waals surface area contributed by atoms with Crippen LogP contribution in [0, 0.1) is 11.3 Å². The summed E-state index contributed by atoms with van der Waals surface area (Å²) in [5.41, 5.74) is 9.30. The number of anilines is 2. The first-order valence-electron chi connectivity index (χ1n) is 20.9. The SMILES string of the molecule is CCCCCCc1cc(-c2sc(-c3cc4sc5cc(/C=C(/C#N)C(=O)O)sc5c4s3)cc2CCCCCC)sc1-c1ccc(N2C3=CC=CCC3c3ccccc32)cc1. The lowest BCUT2D eigenvalue weighted by molar-refractivity contribution is -0.132. The van der Waals surface area contributed by atoms with E-state index >= 15 is 0 Å². The molecule has 9 heteroatoms. The van der Waals surface area contributed by atoms with Gasteiger partial charge >= 0.3 is 5.97 Å². The van der Waals surface area contributed by atoms with Gasteiger partial charge in [-0.3, -0.25) is 0 Å². The van der Waals surface area contributed by atoms with Gasteiger partial charge in [-0.2, -0.15) is 5.26 Å². The Balaban J connectivity index is 1.07. The van der Waals surface area contributed by atoms with Crippen LogP contribution in [0.5, 0.6) is 0 Å². The number of carboxylic acids is 1. The molecule has 0 fully saturated rings. The molecule has 4 nitrogen and oxygen atoms in total. The van der Waals surface area contributed by atoms with E-state index in [0.29, 0.717) is 5.92 Å². The number of aryl methyl sites for hydroxylation is 2. The molecule has 2 aliphatic rings. The predicted molar refractivity (Wildman–Crippen MR) is 257 cm³/mol. The van der Waals surface area contributed by atoms with Crippen LogP contribution in [0.1, 0.15) is 99.1 Å². The Kier molecular flexibility index (Phi) is 11.9. The van der Waals surface area contributed by atoms with Crippen molar-refractivity contribution in [2.24, 2.45) is 0 Å². The lowest BCUT2D eigenvalue weighted by Gasteiger charge is -2.24. The Morgan fingerprint density at radius 3 is 2.20 bits per heavy atom. The third kappa shape index (κ3) is 7.94. The number of nitriles is 1. The summed E-state index contributed by atoms with van der Waals surface area (Å²) >= 11 is 9.08. The summed E-state index contributed by atoms with van der Waals surface area (Å²) in [6, 6.07) is 29.4. The molecule has 1 aliphatic heterocycles. The normalized spacial score (nSPS) is 14.9. The van der Waals surface area contributed by atoms with Crippen LogP contribution in [0.25, 0.3) is 54.8 Å². The third-order valence-electron chi connectivity index (χ3n) is 11.5. The van der Waals surface area contributed by atoms with Crippen molar-refractivity contribution in [2.75, 3.05) is 4.90 Å². The van der Waals surface area contributed by atoms with Gasteiger partial charge in [0, 0.05) is 61.7 Å². The fourth-order valence-corrected chi connectivity index (χ4v) is 15.1. The molecule has 1 atom stereocenters. The zero-order chi connectivity index (χ0) is 40.5. The van der Waals surface area contributed by atoms with E-state index in [1.807, 2.05) is 46.1 Å². The lowest BCUT2D eigenvalue weighted by atomic mass is 9.92. The number of benzene rings is 2. The van der Waals surface area contributed by atoms with Gasteiger partial charge in [-0.15, -0.1) is 56.7 Å². The molecule has 0 saturated carbocycles. The van der Waals surface area contributed by atoms with E-state index in [4.69, 9.17) is 0 Å². The molecule has 0 bridgehead atoms. The van der Waals surface area contributed by atoms with Crippen molar-refractivity contribution in [3.63, 3.8) is 0 Å². The van der Waals surface area contributed by atoms with Crippen molar-refractivity contribution in [2.45, 2.75) is 90.4 Å². The number of fused-ring (bicyclic) bond motifs is 6. The summed E-state index contributed by atoms with van der Waals surface area (Å²) in [7, 11) is 0. The first-order valence-corrected chi connectivity index (χ1v) is 25.0. The fraction of sp³-hybridized carbons (Fsp3) is 0.280. The molecule has 0 radical (unpaired) electrons. The number of carbonyl (C=O) groups is 1. The number of aliphatic carboxylic acids is 1. The number of para-hydroxylation sites is 1. The van der Waals surface area contributed by atoms with Crippen molar-refractivity contribution in [3.8, 4) is 36.0 Å². The highest BCUT2D eigenvalue weighted by atomic mass is 32.1. The molecule has 0 spiro atoms. The van der Waals surface area contributed by atoms with Gasteiger partial charge in [0.15, 0.2) is 0 Å². The number of unbranched alkanes of at least 4 members (excludes halogenated alkanes) is 6. The molecule has 5 aromatic heterocycles. The molecule has 0 amide bonds. The molecule has 59 heavy (non-hydrogen) atoms. The summed E-state index contributed by atoms with van der Waals surface area (Å²) in [4.78, 5) is 21.6. The third-order valence-corrected chi connectivity index (χ3v) is 18.0. The molecule has 7 aromatic rings. The van der Waals surface area contributed by atoms with Crippen LogP contribution in [-0.2, 0) is 17.6 Å². The summed E-state index contributed by atoms with van der Waals surface area (Å²) in [6.07, 6.45) is 21.4. The van der Waals surface area contributed by atoms with Crippen molar-refractivity contribution < 1.29 is 9.90 Å². The van der Waals surface area contributed by atoms with E-state index in [9.17, 15) is 15.2 Å². The van der Waals surface area contributed by atoms with Crippen molar-refractivity contribution in [1.29, 1.82) is 5.26 Å². The van der Waals surface area contributed by atoms with E-state index < -0.39 is 5.97 Å². The second-order valence-corrected chi connectivity index (χ2v) is 20.8. The Bertz CT molecular complexity index is 2790. The number of carboxylic acid groups (broad SMARTS) is 1. The smallest absolute Gasteiger partial charge is 0.346 e. The van der Waals surface area contributed by atoms with E-state index in [1.54, 1.807) is 22.7 Å². The summed E-state index contributed by atoms with van der Waals surface area (Å²) in [5.74, 6) is -0.776. The highest BCUT2D eigenvalue weighted by molar-refractivity contribution is 7.40. The second-order valence-electron chi connectivity index (χ2n) is 15.5. The quantitative estimate of drug-likeness (QED) is 0.0597. The van der Waals surface area contributed by atoms with Crippen LogP contribution >= 0.6 is 56.7 Å². The average molecular weight is 867 g/mol. The number of thiophene rings is 5. The number of hydrogen-bond donors (Lipinski definition) is 1. The molecule has 1 N–H and O–H groups in total. The number of rotatable bonds is 16. The molecule has 1 unspecified atom stereocenters. The maximum Gasteiger partial charge on any atom is 0.346 e. The van der Waals surface area contributed by atoms with Crippen LogP contribution < -0.4 is 4.90 Å². The van der Waals surface area contributed by atoms with Crippen LogP contribution in [0.4, 0.5) is 11.4 Å². The Morgan fingerprint density at radius 1 is 0.780 bits per heavy atom. The lowest BCUT2D eigenvalue weighted by Crippen LogP contribution is -2.14. The molecule has 6 heterocycles. The fourth-order valence-electron chi connectivity index (χ4n) is 8.54. The molecule has 1 aliphatic carbocycles. The van der Waals surface area contributed by atoms with Gasteiger partial charge in [-0.05, 0) is 109 Å². The van der Waals surface area contributed by atoms with Gasteiger partial charge in [0.1, 0.15) is 11.6 Å². The summed E-state index contributed by atoms with van der Waals surface area (Å²) in [5, 5.41) is 18.7. The minimum Gasteiger partial charge on any atom is -0.477 e. The summed E-state index contributed by atoms with van der Waals surface area (Å²) < 4.78 is 4.83. The van der Waals surface area contributed by atoms with E-state index in [-0.39, 0.29) is 5.57 Å². The summed E-state index contributed by atoms with van der Waals surface area (Å²) in [6.45, 7) is 4.57. The van der Waals surface area contributed by atoms with Gasteiger partial charge in [0.25, 0.3) is 0 Å². The van der Waals surface area contributed by atoms with Gasteiger partial charge in [-0.25, -0.2) is 4.79 Å². The first-order chi connectivity index (χ1) is 28.9. The number of allylic oxidation sites excluding steroid dienone is 4. The van der Waals surface area contributed by atoms with Gasteiger partial charge in [0.05, 0.1) is 9.40 Å². The Morgan fingerprint density at radius 2 is 1.46 bits per heavy atom. The van der Waals surface area contributed by atoms with E-state index in [0.717, 1.165) is 28.8 Å². The van der Waals surface area contributed by atoms with Crippen molar-refractivity contribution >= 4 is 98.9 Å². The molecule has 9 rings (SSSR count). The van der Waals surface area contributed by atoms with Gasteiger partial charge in [-0.1, -0.05) is 94.9 Å². The Hall–Kier alpha value is -4.56. The molecule has 2 aromatic carbocycles. The van der Waals surface area contributed by atoms with Crippen LogP contribution in [0.2, 0.25) is 0 Å². The van der Waals surface area contributed by atoms with Crippen LogP contribution in [-0.4, -0.2) is 11.1 Å². The van der Waals surface area contributed by atoms with Crippen molar-refractivity contribution in [3.05, 3.63) is 124 Å². The number of hydrogen-bond acceptors (Lipinski definition) is 8. The number of nitrogens with zero attached hydrogens (tertiary/aromatic N) is 2. The largest absolute Gasteiger partial charge is 0.477 e. The molecular formula is C50H46N2O2S5. The molecule has 298 valence electrons. The maximum atomic E-state index is 11.5. The average Bonchev–Trinajstić information content (AvgIpc) is 4.11. The monoisotopic (exact) mass is 866 g/mol. The van der Waals surface area contributed by atoms with Gasteiger partial charge in [0.2, 0.25) is 0 Å². The van der Waals surface area contributed by atoms with Crippen LogP contribution in [0.3, 0.4) is 0 Å². The van der Waals surface area contributed by atoms with E-state index in [2.05, 4.69) is 104 Å². The Labute approximate surface area is 366 Å². The standard InChI is InChI=1S/C50H46N2O2S5/c1-3-5-7-9-15-32-27-43(59-46(32)31-21-23-35(24-22-31)52-39-19-13-11-17-37(39)38-18-12-14-20-40(38)52)47-33(16-10-8-6-4-2)26-41(57-47)42-29-45-49(58-42)48-44(56-45)28-36(55-48)25-34(30-51)50(53)54/h11-14,17,19-29,38H,3-10,15-16,18H2,1-2H3,(H,53,54)/b34-25-. The first kappa shape index (κ1) is 39.9. The highest BCUT2D eigenvalue weighted by Gasteiger charge is 2.34. The van der Waals surface area contributed by atoms with Crippen molar-refractivity contribution in [1.82, 2.24) is 0 Å². The minimum atomic E-state index is -1.19. The minimum absolute atomic E-state index is 0.237. The topological polar surface area (TPSA) is 64.3 Å². The zero-order valence-corrected chi connectivity index (χ0v) is 37.5.